The van der Waals surface area contributed by atoms with Gasteiger partial charge in [0.1, 0.15) is 34.6 Å². The molecule has 9 atom stereocenters. The second-order valence-corrected chi connectivity index (χ2v) is 12.4. The summed E-state index contributed by atoms with van der Waals surface area (Å²) in [7, 11) is 3.01. The number of halogens is 1. The summed E-state index contributed by atoms with van der Waals surface area (Å²) in [4.78, 5) is 30.7. The summed E-state index contributed by atoms with van der Waals surface area (Å²) < 4.78 is 23.0. The Morgan fingerprint density at radius 1 is 1.36 bits per heavy atom. The van der Waals surface area contributed by atoms with Gasteiger partial charge in [-0.3, -0.25) is 9.59 Å². The first-order valence-electron chi connectivity index (χ1n) is 14.5. The highest BCUT2D eigenvalue weighted by Gasteiger charge is 2.64. The highest BCUT2D eigenvalue weighted by Crippen LogP contribution is 2.49. The number of esters is 1. The van der Waals surface area contributed by atoms with E-state index in [0.717, 1.165) is 11.1 Å². The van der Waals surface area contributed by atoms with Crippen LogP contribution in [0, 0.1) is 5.92 Å². The molecule has 3 aliphatic heterocycles. The van der Waals surface area contributed by atoms with E-state index >= 15 is 0 Å². The lowest BCUT2D eigenvalue weighted by Crippen LogP contribution is -2.65. The number of hydrogen-bond acceptors (Lipinski definition) is 11. The lowest BCUT2D eigenvalue weighted by atomic mass is 9.83. The van der Waals surface area contributed by atoms with Gasteiger partial charge in [-0.15, -0.1) is 0 Å². The van der Waals surface area contributed by atoms with Gasteiger partial charge < -0.3 is 39.2 Å². The molecular formula is C30H40ClN5O9. The van der Waals surface area contributed by atoms with E-state index in [0.29, 0.717) is 17.9 Å². The number of anilines is 1. The highest BCUT2D eigenvalue weighted by molar-refractivity contribution is 6.35. The lowest BCUT2D eigenvalue weighted by Gasteiger charge is -2.43. The second kappa shape index (κ2) is 13.7. The van der Waals surface area contributed by atoms with E-state index < -0.39 is 66.0 Å². The second-order valence-electron chi connectivity index (χ2n) is 12.0. The number of nitrogens with zero attached hydrogens (tertiary/aromatic N) is 4. The SMILES string of the molecule is COc1cc2cc(c1Cl)N(C)C(=O)C[C@H](OC(=O)[C@H](C)N=[N+]=[N-])[C@]1(C)O[C@@H]1[C@@H](C)[C@@H]1C[C@@](O)(NC(O)O1)[C@H](O)/C=C/C=C(\C)C2. The summed E-state index contributed by atoms with van der Waals surface area (Å²) in [6, 6.07) is 2.34. The molecule has 4 N–H and O–H groups in total. The summed E-state index contributed by atoms with van der Waals surface area (Å²) in [5.74, 6) is -1.47. The fraction of sp³-hybridized carbons (Fsp3) is 0.600. The van der Waals surface area contributed by atoms with Gasteiger partial charge in [0, 0.05) is 24.3 Å². The molecular weight excluding hydrogens is 610 g/mol. The molecule has 0 spiro atoms. The van der Waals surface area contributed by atoms with Crippen LogP contribution >= 0.6 is 11.6 Å². The largest absolute Gasteiger partial charge is 0.495 e. The zero-order chi connectivity index (χ0) is 33.3. The number of amides is 1. The molecule has 4 rings (SSSR count). The Kier molecular flexibility index (Phi) is 10.5. The van der Waals surface area contributed by atoms with Crippen LogP contribution in [0.1, 0.15) is 46.1 Å². The van der Waals surface area contributed by atoms with Crippen LogP contribution in [0.3, 0.4) is 0 Å². The monoisotopic (exact) mass is 649 g/mol. The fourth-order valence-electron chi connectivity index (χ4n) is 5.82. The first-order valence-corrected chi connectivity index (χ1v) is 14.9. The van der Waals surface area contributed by atoms with Gasteiger partial charge >= 0.3 is 5.97 Å². The van der Waals surface area contributed by atoms with Crippen molar-refractivity contribution in [2.24, 2.45) is 11.0 Å². The third-order valence-corrected chi connectivity index (χ3v) is 9.03. The minimum absolute atomic E-state index is 0.125. The van der Waals surface area contributed by atoms with Gasteiger partial charge in [0.05, 0.1) is 31.4 Å². The number of carbonyl (C=O) groups is 2. The molecule has 0 saturated carbocycles. The molecule has 15 heteroatoms. The molecule has 4 bridgehead atoms. The van der Waals surface area contributed by atoms with Crippen molar-refractivity contribution in [3.8, 4) is 5.75 Å². The maximum absolute atomic E-state index is 13.8. The van der Waals surface area contributed by atoms with Gasteiger partial charge in [-0.25, -0.2) is 5.32 Å². The summed E-state index contributed by atoms with van der Waals surface area (Å²) in [6.07, 6.45) is -0.872. The van der Waals surface area contributed by atoms with Crippen molar-refractivity contribution >= 4 is 29.2 Å². The smallest absolute Gasteiger partial charge is 0.314 e. The fourth-order valence-corrected chi connectivity index (χ4v) is 6.13. The Labute approximate surface area is 266 Å². The molecule has 246 valence electrons. The zero-order valence-corrected chi connectivity index (χ0v) is 26.8. The molecule has 3 heterocycles. The number of aliphatic hydroxyl groups excluding tert-OH is 2. The Morgan fingerprint density at radius 3 is 2.73 bits per heavy atom. The van der Waals surface area contributed by atoms with Gasteiger partial charge in [-0.1, -0.05) is 47.4 Å². The number of azide groups is 1. The number of nitrogens with one attached hydrogen (secondary N) is 1. The normalized spacial score (nSPS) is 36.4. The Balaban J connectivity index is 1.78. The highest BCUT2D eigenvalue weighted by atomic mass is 35.5. The van der Waals surface area contributed by atoms with Crippen molar-refractivity contribution < 1.29 is 43.9 Å². The molecule has 3 aliphatic rings. The van der Waals surface area contributed by atoms with Gasteiger partial charge in [-0.2, -0.15) is 0 Å². The number of fused-ring (bicyclic) bond motifs is 5. The third-order valence-electron chi connectivity index (χ3n) is 8.65. The first kappa shape index (κ1) is 34.7. The molecule has 1 unspecified atom stereocenters. The van der Waals surface area contributed by atoms with Crippen molar-refractivity contribution in [3.63, 3.8) is 0 Å². The van der Waals surface area contributed by atoms with Crippen LogP contribution in [-0.2, 0) is 30.2 Å². The van der Waals surface area contributed by atoms with Crippen molar-refractivity contribution in [2.75, 3.05) is 19.1 Å². The Hall–Kier alpha value is -3.20. The number of hydrogen-bond donors (Lipinski definition) is 4. The Bertz CT molecular complexity index is 1420. The molecule has 0 aromatic heterocycles. The van der Waals surface area contributed by atoms with E-state index in [-0.39, 0.29) is 17.9 Å². The van der Waals surface area contributed by atoms with Crippen LogP contribution in [0.4, 0.5) is 5.69 Å². The lowest BCUT2D eigenvalue weighted by molar-refractivity contribution is -0.268. The Morgan fingerprint density at radius 2 is 2.07 bits per heavy atom. The average Bonchev–Trinajstić information content (AvgIpc) is 3.68. The third kappa shape index (κ3) is 7.45. The number of allylic oxidation sites excluding steroid dienone is 3. The molecule has 2 saturated heterocycles. The molecule has 14 nitrogen and oxygen atoms in total. The van der Waals surface area contributed by atoms with Crippen LogP contribution in [0.2, 0.25) is 5.02 Å². The van der Waals surface area contributed by atoms with Crippen LogP contribution in [0.5, 0.6) is 5.75 Å². The molecule has 1 amide bonds. The maximum Gasteiger partial charge on any atom is 0.314 e. The van der Waals surface area contributed by atoms with Crippen LogP contribution in [0.25, 0.3) is 10.4 Å². The number of epoxide rings is 1. The van der Waals surface area contributed by atoms with Crippen LogP contribution in [-0.4, -0.2) is 89.6 Å². The molecule has 0 aliphatic carbocycles. The van der Waals surface area contributed by atoms with Gasteiger partial charge in [-0.05, 0) is 50.4 Å². The van der Waals surface area contributed by atoms with Gasteiger partial charge in [0.2, 0.25) is 12.3 Å². The minimum atomic E-state index is -1.95. The van der Waals surface area contributed by atoms with Gasteiger partial charge in [0.15, 0.2) is 5.72 Å². The van der Waals surface area contributed by atoms with Crippen LogP contribution in [0.15, 0.2) is 41.0 Å². The van der Waals surface area contributed by atoms with E-state index in [1.165, 1.54) is 25.0 Å². The predicted molar refractivity (Wildman–Crippen MR) is 163 cm³/mol. The first-order chi connectivity index (χ1) is 21.1. The van der Waals surface area contributed by atoms with E-state index in [1.54, 1.807) is 45.2 Å². The number of carbonyl (C=O) groups excluding carboxylic acids is 2. The molecule has 1 aromatic carbocycles. The maximum atomic E-state index is 13.8. The number of ether oxygens (including phenoxy) is 4. The topological polar surface area (TPSA) is 199 Å². The number of benzene rings is 1. The summed E-state index contributed by atoms with van der Waals surface area (Å²) in [5, 5.41) is 38.8. The van der Waals surface area contributed by atoms with Gasteiger partial charge in [0.25, 0.3) is 0 Å². The van der Waals surface area contributed by atoms with Crippen molar-refractivity contribution in [2.45, 2.75) is 95.2 Å². The zero-order valence-electron chi connectivity index (χ0n) is 26.0. The van der Waals surface area contributed by atoms with Crippen molar-refractivity contribution in [1.82, 2.24) is 5.32 Å². The molecule has 45 heavy (non-hydrogen) atoms. The summed E-state index contributed by atoms with van der Waals surface area (Å²) in [6.45, 7) is 6.69. The van der Waals surface area contributed by atoms with E-state index in [1.807, 2.05) is 6.92 Å². The average molecular weight is 650 g/mol. The predicted octanol–water partition coefficient (Wildman–Crippen LogP) is 2.87. The molecule has 2 fully saturated rings. The van der Waals surface area contributed by atoms with E-state index in [9.17, 15) is 24.9 Å². The number of rotatable bonds is 4. The quantitative estimate of drug-likeness (QED) is 0.124. The summed E-state index contributed by atoms with van der Waals surface area (Å²) >= 11 is 6.65. The van der Waals surface area contributed by atoms with E-state index in [2.05, 4.69) is 15.3 Å². The van der Waals surface area contributed by atoms with Crippen molar-refractivity contribution in [1.29, 1.82) is 0 Å². The van der Waals surface area contributed by atoms with Crippen molar-refractivity contribution in [3.05, 3.63) is 57.0 Å². The number of aliphatic hydroxyl groups is 3. The summed E-state index contributed by atoms with van der Waals surface area (Å²) in [5.41, 5.74) is 7.70. The van der Waals surface area contributed by atoms with E-state index in [4.69, 9.17) is 36.1 Å². The standard InChI is InChI=1S/C30H40ClN5O9/c1-15-8-7-9-22(37)30(41)14-21(43-28(40)33-30)16(2)26-29(4,45-26)23(44-27(39)17(3)34-35-32)13-24(38)36(5)19-11-18(10-15)12-20(42-6)25(19)31/h7-9,11-12,16-17,21-23,26,28,33,37,40-41H,10,13-14H2,1-6H3/b9-7+,15-8+/t16-,17-,21-,22+,23-,26+,28?,29-,30-/m0/s1. The number of methoxy groups -OCH3 is 1. The molecule has 0 radical (unpaired) electrons. The minimum Gasteiger partial charge on any atom is -0.495 e. The van der Waals surface area contributed by atoms with Crippen LogP contribution < -0.4 is 15.0 Å². The molecule has 1 aromatic rings.